The van der Waals surface area contributed by atoms with Gasteiger partial charge in [0.1, 0.15) is 0 Å². The Bertz CT molecular complexity index is 585. The van der Waals surface area contributed by atoms with Gasteiger partial charge < -0.3 is 5.73 Å². The van der Waals surface area contributed by atoms with Crippen molar-refractivity contribution in [3.63, 3.8) is 0 Å². The van der Waals surface area contributed by atoms with E-state index in [1.807, 2.05) is 6.07 Å². The minimum atomic E-state index is 0.145. The fourth-order valence-corrected chi connectivity index (χ4v) is 3.70. The van der Waals surface area contributed by atoms with E-state index in [0.29, 0.717) is 0 Å². The number of rotatable bonds is 2. The summed E-state index contributed by atoms with van der Waals surface area (Å²) in [4.78, 5) is 0. The standard InChI is InChI=1S/C17H20ClN/c18-16-11-14(10-13-6-2-3-7-15(13)16)17(12-19)8-4-1-5-9-17/h2-3,6-7,10-11H,1,4-5,8-9,12,19H2. The van der Waals surface area contributed by atoms with Crippen molar-refractivity contribution in [1.82, 2.24) is 0 Å². The second-order valence-corrected chi connectivity index (χ2v) is 6.13. The molecule has 2 aromatic carbocycles. The van der Waals surface area contributed by atoms with Crippen LogP contribution in [0.1, 0.15) is 37.7 Å². The van der Waals surface area contributed by atoms with Crippen LogP contribution in [0, 0.1) is 0 Å². The highest BCUT2D eigenvalue weighted by molar-refractivity contribution is 6.35. The number of hydrogen-bond acceptors (Lipinski definition) is 1. The van der Waals surface area contributed by atoms with Crippen LogP contribution in [0.15, 0.2) is 36.4 Å². The van der Waals surface area contributed by atoms with Crippen LogP contribution in [0.5, 0.6) is 0 Å². The summed E-state index contributed by atoms with van der Waals surface area (Å²) in [7, 11) is 0. The monoisotopic (exact) mass is 273 g/mol. The summed E-state index contributed by atoms with van der Waals surface area (Å²) in [6, 6.07) is 12.8. The van der Waals surface area contributed by atoms with Crippen molar-refractivity contribution in [2.75, 3.05) is 6.54 Å². The van der Waals surface area contributed by atoms with Crippen LogP contribution < -0.4 is 5.73 Å². The maximum absolute atomic E-state index is 6.46. The molecule has 0 spiro atoms. The van der Waals surface area contributed by atoms with Crippen molar-refractivity contribution in [3.8, 4) is 0 Å². The Morgan fingerprint density at radius 2 is 1.79 bits per heavy atom. The molecule has 1 fully saturated rings. The number of halogens is 1. The summed E-state index contributed by atoms with van der Waals surface area (Å²) in [5.74, 6) is 0. The van der Waals surface area contributed by atoms with Crippen LogP contribution >= 0.6 is 11.6 Å². The molecule has 1 nitrogen and oxygen atoms in total. The molecule has 0 saturated heterocycles. The van der Waals surface area contributed by atoms with Gasteiger partial charge in [0.05, 0.1) is 0 Å². The Morgan fingerprint density at radius 1 is 1.05 bits per heavy atom. The zero-order chi connectivity index (χ0) is 13.3. The third-order valence-corrected chi connectivity index (χ3v) is 4.94. The van der Waals surface area contributed by atoms with E-state index in [-0.39, 0.29) is 5.41 Å². The Hall–Kier alpha value is -1.05. The third-order valence-electron chi connectivity index (χ3n) is 4.63. The molecule has 0 heterocycles. The van der Waals surface area contributed by atoms with Crippen molar-refractivity contribution >= 4 is 22.4 Å². The number of hydrogen-bond donors (Lipinski definition) is 1. The first-order valence-electron chi connectivity index (χ1n) is 7.14. The Morgan fingerprint density at radius 3 is 2.53 bits per heavy atom. The van der Waals surface area contributed by atoms with Crippen molar-refractivity contribution in [2.45, 2.75) is 37.5 Å². The van der Waals surface area contributed by atoms with Gasteiger partial charge in [0.15, 0.2) is 0 Å². The number of fused-ring (bicyclic) bond motifs is 1. The SMILES string of the molecule is NCC1(c2cc(Cl)c3ccccc3c2)CCCCC1. The summed E-state index contributed by atoms with van der Waals surface area (Å²) in [6.45, 7) is 0.724. The highest BCUT2D eigenvalue weighted by Gasteiger charge is 2.32. The van der Waals surface area contributed by atoms with E-state index in [1.54, 1.807) is 0 Å². The highest BCUT2D eigenvalue weighted by Crippen LogP contribution is 2.41. The van der Waals surface area contributed by atoms with Crippen LogP contribution in [-0.4, -0.2) is 6.54 Å². The molecule has 3 rings (SSSR count). The lowest BCUT2D eigenvalue weighted by Gasteiger charge is -2.37. The van der Waals surface area contributed by atoms with Gasteiger partial charge in [-0.3, -0.25) is 0 Å². The molecule has 0 aromatic heterocycles. The molecule has 0 atom stereocenters. The number of benzene rings is 2. The van der Waals surface area contributed by atoms with Crippen LogP contribution in [0.2, 0.25) is 5.02 Å². The van der Waals surface area contributed by atoms with E-state index >= 15 is 0 Å². The van der Waals surface area contributed by atoms with Gasteiger partial charge in [0.25, 0.3) is 0 Å². The fourth-order valence-electron chi connectivity index (χ4n) is 3.41. The molecule has 2 heteroatoms. The van der Waals surface area contributed by atoms with E-state index in [2.05, 4.69) is 30.3 Å². The second-order valence-electron chi connectivity index (χ2n) is 5.72. The van der Waals surface area contributed by atoms with Gasteiger partial charge in [-0.05, 0) is 29.9 Å². The molecule has 1 saturated carbocycles. The van der Waals surface area contributed by atoms with Gasteiger partial charge in [-0.2, -0.15) is 0 Å². The number of nitrogens with two attached hydrogens (primary N) is 1. The Balaban J connectivity index is 2.13. The minimum absolute atomic E-state index is 0.145. The lowest BCUT2D eigenvalue weighted by molar-refractivity contribution is 0.301. The molecule has 19 heavy (non-hydrogen) atoms. The first kappa shape index (κ1) is 13.0. The molecule has 0 aliphatic heterocycles. The van der Waals surface area contributed by atoms with E-state index in [1.165, 1.54) is 43.1 Å². The highest BCUT2D eigenvalue weighted by atomic mass is 35.5. The normalized spacial score (nSPS) is 18.6. The maximum atomic E-state index is 6.46. The van der Waals surface area contributed by atoms with Crippen molar-refractivity contribution in [3.05, 3.63) is 47.0 Å². The zero-order valence-corrected chi connectivity index (χ0v) is 11.9. The second kappa shape index (κ2) is 5.15. The topological polar surface area (TPSA) is 26.0 Å². The van der Waals surface area contributed by atoms with Crippen LogP contribution in [0.3, 0.4) is 0 Å². The van der Waals surface area contributed by atoms with Crippen molar-refractivity contribution < 1.29 is 0 Å². The maximum Gasteiger partial charge on any atom is 0.0487 e. The van der Waals surface area contributed by atoms with E-state index in [9.17, 15) is 0 Å². The van der Waals surface area contributed by atoms with Crippen LogP contribution in [0.4, 0.5) is 0 Å². The molecular weight excluding hydrogens is 254 g/mol. The van der Waals surface area contributed by atoms with Gasteiger partial charge >= 0.3 is 0 Å². The molecule has 0 unspecified atom stereocenters. The lowest BCUT2D eigenvalue weighted by atomic mass is 9.69. The van der Waals surface area contributed by atoms with Gasteiger partial charge in [-0.1, -0.05) is 61.2 Å². The van der Waals surface area contributed by atoms with E-state index in [0.717, 1.165) is 17.0 Å². The molecule has 2 aromatic rings. The van der Waals surface area contributed by atoms with Crippen molar-refractivity contribution in [2.24, 2.45) is 5.73 Å². The summed E-state index contributed by atoms with van der Waals surface area (Å²) >= 11 is 6.46. The molecule has 0 amide bonds. The smallest absolute Gasteiger partial charge is 0.0487 e. The summed E-state index contributed by atoms with van der Waals surface area (Å²) < 4.78 is 0. The molecule has 1 aliphatic carbocycles. The zero-order valence-electron chi connectivity index (χ0n) is 11.2. The molecular formula is C17H20ClN. The van der Waals surface area contributed by atoms with E-state index in [4.69, 9.17) is 17.3 Å². The first-order valence-corrected chi connectivity index (χ1v) is 7.52. The average molecular weight is 274 g/mol. The Kier molecular flexibility index (Phi) is 3.51. The molecule has 0 bridgehead atoms. The largest absolute Gasteiger partial charge is 0.330 e. The van der Waals surface area contributed by atoms with Crippen LogP contribution in [0.25, 0.3) is 10.8 Å². The third kappa shape index (κ3) is 2.26. The van der Waals surface area contributed by atoms with Gasteiger partial charge in [0, 0.05) is 22.4 Å². The van der Waals surface area contributed by atoms with E-state index < -0.39 is 0 Å². The quantitative estimate of drug-likeness (QED) is 0.847. The van der Waals surface area contributed by atoms with Crippen molar-refractivity contribution in [1.29, 1.82) is 0 Å². The molecule has 1 aliphatic rings. The van der Waals surface area contributed by atoms with Crippen LogP contribution in [-0.2, 0) is 5.41 Å². The van der Waals surface area contributed by atoms with Gasteiger partial charge in [0.2, 0.25) is 0 Å². The lowest BCUT2D eigenvalue weighted by Crippen LogP contribution is -2.37. The first-order chi connectivity index (χ1) is 9.25. The molecule has 0 radical (unpaired) electrons. The van der Waals surface area contributed by atoms with Gasteiger partial charge in [-0.25, -0.2) is 0 Å². The predicted molar refractivity (Wildman–Crippen MR) is 82.8 cm³/mol. The molecule has 2 N–H and O–H groups in total. The summed E-state index contributed by atoms with van der Waals surface area (Å²) in [5.41, 5.74) is 7.60. The molecule has 100 valence electrons. The predicted octanol–water partition coefficient (Wildman–Crippen LogP) is 4.65. The summed E-state index contributed by atoms with van der Waals surface area (Å²) in [6.07, 6.45) is 6.28. The summed E-state index contributed by atoms with van der Waals surface area (Å²) in [5, 5.41) is 3.21. The van der Waals surface area contributed by atoms with Gasteiger partial charge in [-0.15, -0.1) is 0 Å². The fraction of sp³-hybridized carbons (Fsp3) is 0.412. The minimum Gasteiger partial charge on any atom is -0.330 e. The average Bonchev–Trinajstić information content (AvgIpc) is 2.48. The Labute approximate surface area is 119 Å².